The standard InChI is InChI=1S/C47H50N4O.Pt/c1-11-12-15-34-20-21-48-43(24-34)50-41-17-14-13-16-39(41)40-19-18-37(28-42(40)50)52-38-26-35(29(2)3)25-36(27-38)51-46(47(8,9)10)45(33(7)49-51)44-31(5)22-30(4)23-32(44)6;/h13-14,16-26,29H,11-12,15H2,1-10H3;/q-2;+2. The van der Waals surface area contributed by atoms with Crippen molar-refractivity contribution >= 4 is 21.8 Å². The van der Waals surface area contributed by atoms with Gasteiger partial charge in [-0.1, -0.05) is 89.4 Å². The van der Waals surface area contributed by atoms with Crippen LogP contribution in [0.2, 0.25) is 0 Å². The topological polar surface area (TPSA) is 44.9 Å². The molecule has 0 bridgehead atoms. The van der Waals surface area contributed by atoms with E-state index in [-0.39, 0.29) is 32.4 Å². The van der Waals surface area contributed by atoms with Crippen LogP contribution < -0.4 is 4.74 Å². The van der Waals surface area contributed by atoms with Gasteiger partial charge in [0.15, 0.2) is 0 Å². The van der Waals surface area contributed by atoms with Gasteiger partial charge in [0.1, 0.15) is 5.82 Å². The van der Waals surface area contributed by atoms with Crippen LogP contribution in [-0.2, 0) is 32.9 Å². The number of nitrogens with zero attached hydrogens (tertiary/aromatic N) is 4. The molecule has 0 atom stereocenters. The summed E-state index contributed by atoms with van der Waals surface area (Å²) in [5.74, 6) is 2.42. The van der Waals surface area contributed by atoms with Gasteiger partial charge in [-0.25, -0.2) is 4.98 Å². The van der Waals surface area contributed by atoms with Gasteiger partial charge in [0, 0.05) is 34.2 Å². The first-order chi connectivity index (χ1) is 24.8. The van der Waals surface area contributed by atoms with Gasteiger partial charge in [0.25, 0.3) is 0 Å². The molecule has 0 aliphatic carbocycles. The third kappa shape index (κ3) is 7.38. The molecule has 3 aromatic heterocycles. The van der Waals surface area contributed by atoms with Gasteiger partial charge in [0.2, 0.25) is 0 Å². The number of hydrogen-bond donors (Lipinski definition) is 0. The third-order valence-corrected chi connectivity index (χ3v) is 10.1. The molecule has 0 radical (unpaired) electrons. The quantitative estimate of drug-likeness (QED) is 0.136. The minimum atomic E-state index is -0.197. The summed E-state index contributed by atoms with van der Waals surface area (Å²) in [5.41, 5.74) is 13.6. The summed E-state index contributed by atoms with van der Waals surface area (Å²) in [5, 5.41) is 7.50. The number of pyridine rings is 1. The predicted octanol–water partition coefficient (Wildman–Crippen LogP) is 12.4. The van der Waals surface area contributed by atoms with Crippen molar-refractivity contribution in [3.63, 3.8) is 0 Å². The number of para-hydroxylation sites is 1. The van der Waals surface area contributed by atoms with E-state index in [1.807, 2.05) is 12.3 Å². The molecular weight excluding hydrogens is 832 g/mol. The van der Waals surface area contributed by atoms with Crippen molar-refractivity contribution in [3.8, 4) is 34.1 Å². The number of ether oxygens (including phenoxy) is 1. The Morgan fingerprint density at radius 3 is 2.25 bits per heavy atom. The fourth-order valence-electron chi connectivity index (χ4n) is 7.73. The van der Waals surface area contributed by atoms with Crippen LogP contribution in [0.15, 0.2) is 79.0 Å². The van der Waals surface area contributed by atoms with Crippen LogP contribution >= 0.6 is 0 Å². The fourth-order valence-corrected chi connectivity index (χ4v) is 7.73. The molecule has 0 fully saturated rings. The van der Waals surface area contributed by atoms with E-state index in [9.17, 15) is 0 Å². The zero-order valence-electron chi connectivity index (χ0n) is 32.7. The summed E-state index contributed by atoms with van der Waals surface area (Å²) in [4.78, 5) is 4.84. The molecule has 0 amide bonds. The minimum absolute atomic E-state index is 0. The first kappa shape index (κ1) is 38.3. The number of benzene rings is 4. The Morgan fingerprint density at radius 1 is 0.811 bits per heavy atom. The molecule has 7 aromatic rings. The van der Waals surface area contributed by atoms with Crippen LogP contribution in [0.4, 0.5) is 0 Å². The molecule has 6 heteroatoms. The largest absolute Gasteiger partial charge is 2.00 e. The van der Waals surface area contributed by atoms with Gasteiger partial charge < -0.3 is 9.30 Å². The van der Waals surface area contributed by atoms with Gasteiger partial charge in [0.05, 0.1) is 11.4 Å². The van der Waals surface area contributed by atoms with Gasteiger partial charge >= 0.3 is 21.1 Å². The van der Waals surface area contributed by atoms with E-state index in [2.05, 4.69) is 157 Å². The molecule has 5 nitrogen and oxygen atoms in total. The molecule has 53 heavy (non-hydrogen) atoms. The first-order valence-corrected chi connectivity index (χ1v) is 18.7. The van der Waals surface area contributed by atoms with Crippen molar-refractivity contribution in [3.05, 3.63) is 130 Å². The molecule has 0 saturated heterocycles. The zero-order valence-corrected chi connectivity index (χ0v) is 35.0. The van der Waals surface area contributed by atoms with E-state index in [0.717, 1.165) is 69.5 Å². The minimum Gasteiger partial charge on any atom is -0.509 e. The van der Waals surface area contributed by atoms with Crippen molar-refractivity contribution in [1.29, 1.82) is 0 Å². The zero-order chi connectivity index (χ0) is 36.9. The van der Waals surface area contributed by atoms with Crippen molar-refractivity contribution in [2.45, 2.75) is 99.8 Å². The monoisotopic (exact) mass is 881 g/mol. The first-order valence-electron chi connectivity index (χ1n) is 18.7. The number of fused-ring (bicyclic) bond motifs is 3. The molecule has 0 saturated carbocycles. The van der Waals surface area contributed by atoms with Crippen LogP contribution in [0.1, 0.15) is 99.5 Å². The molecular formula is C47H50N4OPt. The number of unbranched alkanes of at least 4 members (excludes halogenated alkanes) is 1. The van der Waals surface area contributed by atoms with Crippen molar-refractivity contribution < 1.29 is 25.8 Å². The maximum absolute atomic E-state index is 6.72. The second kappa shape index (κ2) is 15.1. The Kier molecular flexibility index (Phi) is 10.9. The van der Waals surface area contributed by atoms with Gasteiger partial charge in [-0.3, -0.25) is 4.68 Å². The van der Waals surface area contributed by atoms with E-state index >= 15 is 0 Å². The Labute approximate surface area is 329 Å². The average Bonchev–Trinajstić information content (AvgIpc) is 3.61. The number of rotatable bonds is 9. The summed E-state index contributed by atoms with van der Waals surface area (Å²) >= 11 is 0. The summed E-state index contributed by atoms with van der Waals surface area (Å²) < 4.78 is 11.0. The number of aromatic nitrogens is 4. The summed E-state index contributed by atoms with van der Waals surface area (Å²) in [6, 6.07) is 33.1. The van der Waals surface area contributed by atoms with Crippen LogP contribution in [-0.4, -0.2) is 19.3 Å². The number of hydrogen-bond acceptors (Lipinski definition) is 3. The van der Waals surface area contributed by atoms with E-state index in [1.54, 1.807) is 0 Å². The summed E-state index contributed by atoms with van der Waals surface area (Å²) in [6.07, 6.45) is 5.26. The van der Waals surface area contributed by atoms with E-state index < -0.39 is 0 Å². The van der Waals surface area contributed by atoms with Crippen molar-refractivity contribution in [2.75, 3.05) is 0 Å². The molecule has 274 valence electrons. The molecule has 0 N–H and O–H groups in total. The summed E-state index contributed by atoms with van der Waals surface area (Å²) in [7, 11) is 0. The van der Waals surface area contributed by atoms with Gasteiger partial charge in [-0.05, 0) is 98.0 Å². The molecule has 0 aliphatic rings. The smallest absolute Gasteiger partial charge is 0.509 e. The Balaban J connectivity index is 0.00000481. The van der Waals surface area contributed by atoms with Gasteiger partial charge in [-0.2, -0.15) is 11.2 Å². The predicted molar refractivity (Wildman–Crippen MR) is 216 cm³/mol. The maximum Gasteiger partial charge on any atom is 2.00 e. The SMILES string of the molecule is CCCCc1ccnc(-n2c3[c-]c(Oc4[c-]c(-n5nc(C)c(-c6c(C)cc(C)cc6C)c5C(C)(C)C)cc(C(C)C)c4)ccc3c3ccccc32)c1.[Pt+2]. The summed E-state index contributed by atoms with van der Waals surface area (Å²) in [6.45, 7) is 22.2. The Hall–Kier alpha value is -4.47. The second-order valence-corrected chi connectivity index (χ2v) is 15.7. The van der Waals surface area contributed by atoms with Crippen LogP contribution in [0.3, 0.4) is 0 Å². The molecule has 4 aromatic carbocycles. The van der Waals surface area contributed by atoms with E-state index in [4.69, 9.17) is 14.8 Å². The van der Waals surface area contributed by atoms with Crippen LogP contribution in [0.25, 0.3) is 44.4 Å². The third-order valence-electron chi connectivity index (χ3n) is 10.1. The number of aryl methyl sites for hydroxylation is 5. The van der Waals surface area contributed by atoms with Gasteiger partial charge in [-0.15, -0.1) is 41.3 Å². The molecule has 7 rings (SSSR count). The average molecular weight is 882 g/mol. The van der Waals surface area contributed by atoms with Crippen molar-refractivity contribution in [1.82, 2.24) is 19.3 Å². The van der Waals surface area contributed by atoms with E-state index in [0.29, 0.717) is 11.5 Å². The molecule has 0 aliphatic heterocycles. The Morgan fingerprint density at radius 2 is 1.55 bits per heavy atom. The fraction of sp³-hybridized carbons (Fsp3) is 0.319. The van der Waals surface area contributed by atoms with E-state index in [1.165, 1.54) is 33.4 Å². The Bertz CT molecular complexity index is 2420. The molecule has 3 heterocycles. The normalized spacial score (nSPS) is 11.8. The van der Waals surface area contributed by atoms with Crippen molar-refractivity contribution in [2.24, 2.45) is 0 Å². The molecule has 0 unspecified atom stereocenters. The van der Waals surface area contributed by atoms with Crippen LogP contribution in [0, 0.1) is 39.8 Å². The maximum atomic E-state index is 6.72. The molecule has 0 spiro atoms. The van der Waals surface area contributed by atoms with Crippen LogP contribution in [0.5, 0.6) is 11.5 Å². The second-order valence-electron chi connectivity index (χ2n) is 15.7.